The topological polar surface area (TPSA) is 66.8 Å². The van der Waals surface area contributed by atoms with Gasteiger partial charge in [0.15, 0.2) is 0 Å². The Hall–Kier alpha value is -1.65. The molecular formula is C46H76O4. The number of unbranched alkanes of at least 4 members (excludes halogenated alkanes) is 8. The Balaban J connectivity index is 1.21. The van der Waals surface area contributed by atoms with Gasteiger partial charge >= 0.3 is 5.97 Å². The lowest BCUT2D eigenvalue weighted by Crippen LogP contribution is -2.65. The van der Waals surface area contributed by atoms with Gasteiger partial charge in [0.25, 0.3) is 0 Å². The Morgan fingerprint density at radius 2 is 1.54 bits per heavy atom. The van der Waals surface area contributed by atoms with Gasteiger partial charge in [0.1, 0.15) is 17.8 Å². The average Bonchev–Trinajstić information content (AvgIpc) is 3.44. The number of fused-ring (bicyclic) bond motifs is 5. The van der Waals surface area contributed by atoms with E-state index in [9.17, 15) is 15.0 Å². The van der Waals surface area contributed by atoms with Gasteiger partial charge in [-0.2, -0.15) is 0 Å². The zero-order valence-electron chi connectivity index (χ0n) is 33.3. The summed E-state index contributed by atoms with van der Waals surface area (Å²) in [4.78, 5) is 12.9. The van der Waals surface area contributed by atoms with Crippen molar-refractivity contribution in [3.63, 3.8) is 0 Å². The fourth-order valence-corrected chi connectivity index (χ4v) is 10.6. The van der Waals surface area contributed by atoms with E-state index in [0.717, 1.165) is 51.4 Å². The lowest BCUT2D eigenvalue weighted by Gasteiger charge is -2.62. The molecule has 0 spiro atoms. The van der Waals surface area contributed by atoms with Gasteiger partial charge in [0.2, 0.25) is 0 Å². The Kier molecular flexibility index (Phi) is 15.5. The highest BCUT2D eigenvalue weighted by Crippen LogP contribution is 2.67. The second-order valence-corrected chi connectivity index (χ2v) is 18.0. The molecule has 0 aromatic heterocycles. The summed E-state index contributed by atoms with van der Waals surface area (Å²) < 4.78 is 5.98. The minimum Gasteiger partial charge on any atom is -0.462 e. The molecule has 4 nitrogen and oxygen atoms in total. The summed E-state index contributed by atoms with van der Waals surface area (Å²) in [6.45, 7) is 16.3. The normalized spacial score (nSPS) is 35.3. The molecule has 0 heterocycles. The molecule has 50 heavy (non-hydrogen) atoms. The molecule has 0 unspecified atom stereocenters. The number of allylic oxidation sites excluding steroid dienone is 7. The van der Waals surface area contributed by atoms with Crippen LogP contribution in [0.1, 0.15) is 170 Å². The van der Waals surface area contributed by atoms with Gasteiger partial charge in [-0.05, 0) is 118 Å². The Bertz CT molecular complexity index is 1180. The molecule has 4 rings (SSSR count). The summed E-state index contributed by atoms with van der Waals surface area (Å²) in [5.74, 6) is 3.04. The quantitative estimate of drug-likeness (QED) is 0.0803. The Morgan fingerprint density at radius 3 is 2.24 bits per heavy atom. The Labute approximate surface area is 307 Å². The first-order valence-corrected chi connectivity index (χ1v) is 21.2. The SMILES string of the molecule is CCCCC/C=C\C/C=C\CCCCCCCC(=O)O[C@H]1CC[C@]2(C)[C@H]3CC[C@]4(C)[C@@H]([C@H](C)/C=C/[C@H](C)C(C)C)CC[C@H]4C3=C[C@H](O)[C@@]2(O)C1. The monoisotopic (exact) mass is 693 g/mol. The number of esters is 1. The van der Waals surface area contributed by atoms with Crippen LogP contribution in [0.4, 0.5) is 0 Å². The number of aliphatic hydroxyl groups is 2. The Morgan fingerprint density at radius 1 is 0.860 bits per heavy atom. The second-order valence-electron chi connectivity index (χ2n) is 18.0. The molecule has 284 valence electrons. The largest absolute Gasteiger partial charge is 0.462 e. The van der Waals surface area contributed by atoms with Crippen LogP contribution in [0.2, 0.25) is 0 Å². The molecule has 0 aromatic carbocycles. The molecule has 0 amide bonds. The number of hydrogen-bond donors (Lipinski definition) is 2. The van der Waals surface area contributed by atoms with E-state index in [1.54, 1.807) is 0 Å². The smallest absolute Gasteiger partial charge is 0.306 e. The number of carbonyl (C=O) groups is 1. The van der Waals surface area contributed by atoms with E-state index in [-0.39, 0.29) is 23.4 Å². The van der Waals surface area contributed by atoms with Crippen molar-refractivity contribution in [2.75, 3.05) is 0 Å². The molecule has 0 bridgehead atoms. The zero-order chi connectivity index (χ0) is 36.4. The first-order chi connectivity index (χ1) is 23.9. The van der Waals surface area contributed by atoms with Gasteiger partial charge < -0.3 is 14.9 Å². The maximum atomic E-state index is 12.9. The maximum absolute atomic E-state index is 12.9. The second kappa shape index (κ2) is 18.9. The third-order valence-electron chi connectivity index (χ3n) is 14.3. The van der Waals surface area contributed by atoms with E-state index in [4.69, 9.17) is 4.74 Å². The summed E-state index contributed by atoms with van der Waals surface area (Å²) >= 11 is 0. The summed E-state index contributed by atoms with van der Waals surface area (Å²) in [7, 11) is 0. The molecule has 10 atom stereocenters. The minimum absolute atomic E-state index is 0.147. The molecule has 0 aromatic rings. The lowest BCUT2D eigenvalue weighted by molar-refractivity contribution is -0.216. The van der Waals surface area contributed by atoms with Crippen molar-refractivity contribution in [3.8, 4) is 0 Å². The predicted molar refractivity (Wildman–Crippen MR) is 210 cm³/mol. The van der Waals surface area contributed by atoms with Gasteiger partial charge in [-0.1, -0.05) is 129 Å². The van der Waals surface area contributed by atoms with Gasteiger partial charge in [-0.3, -0.25) is 4.79 Å². The van der Waals surface area contributed by atoms with Gasteiger partial charge in [-0.15, -0.1) is 0 Å². The van der Waals surface area contributed by atoms with Crippen molar-refractivity contribution in [2.24, 2.45) is 46.3 Å². The number of carbonyl (C=O) groups excluding carboxylic acids is 1. The number of hydrogen-bond acceptors (Lipinski definition) is 4. The van der Waals surface area contributed by atoms with Crippen molar-refractivity contribution in [1.82, 2.24) is 0 Å². The molecule has 4 aliphatic rings. The molecule has 2 N–H and O–H groups in total. The van der Waals surface area contributed by atoms with Crippen LogP contribution in [0.25, 0.3) is 0 Å². The van der Waals surface area contributed by atoms with Crippen LogP contribution in [-0.4, -0.2) is 34.0 Å². The van der Waals surface area contributed by atoms with E-state index in [2.05, 4.69) is 91.0 Å². The summed E-state index contributed by atoms with van der Waals surface area (Å²) in [6, 6.07) is 0. The number of rotatable bonds is 19. The van der Waals surface area contributed by atoms with Crippen molar-refractivity contribution in [2.45, 2.75) is 188 Å². The molecule has 3 saturated carbocycles. The van der Waals surface area contributed by atoms with Crippen molar-refractivity contribution < 1.29 is 19.7 Å². The third kappa shape index (κ3) is 9.66. The van der Waals surface area contributed by atoms with Gasteiger partial charge in [0.05, 0.1) is 0 Å². The number of aliphatic hydroxyl groups excluding tert-OH is 1. The van der Waals surface area contributed by atoms with E-state index >= 15 is 0 Å². The molecule has 0 saturated heterocycles. The first kappa shape index (κ1) is 41.1. The molecular weight excluding hydrogens is 617 g/mol. The van der Waals surface area contributed by atoms with E-state index < -0.39 is 17.1 Å². The first-order valence-electron chi connectivity index (χ1n) is 21.2. The fourth-order valence-electron chi connectivity index (χ4n) is 10.6. The highest BCUT2D eigenvalue weighted by Gasteiger charge is 2.65. The standard InChI is InChI=1S/C46H76O4/c1-8-9-10-11-12-13-14-15-16-17-18-19-20-21-22-23-43(48)50-37-28-31-45(7)41-29-30-44(6)39(36(5)25-24-35(4)34(2)3)26-27-40(44)38(41)32-42(47)46(45,49)33-37/h12-13,15-16,24-25,32,34-37,39-42,47,49H,8-11,14,17-23,26-31,33H2,1-7H3/b13-12-,16-15-,25-24+/t35-,36+,37-,39+,40-,41-,42-,44+,45+,46-/m0/s1. The lowest BCUT2D eigenvalue weighted by atomic mass is 9.45. The van der Waals surface area contributed by atoms with Crippen molar-refractivity contribution in [3.05, 3.63) is 48.1 Å². The van der Waals surface area contributed by atoms with Crippen LogP contribution < -0.4 is 0 Å². The maximum Gasteiger partial charge on any atom is 0.306 e. The molecule has 4 heteroatoms. The van der Waals surface area contributed by atoms with Crippen molar-refractivity contribution >= 4 is 5.97 Å². The molecule has 4 aliphatic carbocycles. The number of ether oxygens (including phenoxy) is 1. The summed E-state index contributed by atoms with van der Waals surface area (Å²) in [6.07, 6.45) is 34.6. The van der Waals surface area contributed by atoms with Crippen LogP contribution in [0.5, 0.6) is 0 Å². The highest BCUT2D eigenvalue weighted by atomic mass is 16.5. The summed E-state index contributed by atoms with van der Waals surface area (Å²) in [5.41, 5.74) is -0.0208. The van der Waals surface area contributed by atoms with Gasteiger partial charge in [0, 0.05) is 18.3 Å². The molecule has 3 fully saturated rings. The van der Waals surface area contributed by atoms with Crippen LogP contribution in [0, 0.1) is 46.3 Å². The zero-order valence-corrected chi connectivity index (χ0v) is 33.3. The minimum atomic E-state index is -1.27. The van der Waals surface area contributed by atoms with Crippen LogP contribution in [-0.2, 0) is 9.53 Å². The third-order valence-corrected chi connectivity index (χ3v) is 14.3. The fraction of sp³-hybridized carbons (Fsp3) is 0.804. The molecule has 0 aliphatic heterocycles. The molecule has 0 radical (unpaired) electrons. The summed E-state index contributed by atoms with van der Waals surface area (Å²) in [5, 5.41) is 23.9. The van der Waals surface area contributed by atoms with E-state index in [1.807, 2.05) is 0 Å². The van der Waals surface area contributed by atoms with Crippen molar-refractivity contribution in [1.29, 1.82) is 0 Å². The van der Waals surface area contributed by atoms with Gasteiger partial charge in [-0.25, -0.2) is 0 Å². The highest BCUT2D eigenvalue weighted by molar-refractivity contribution is 5.69. The predicted octanol–water partition coefficient (Wildman–Crippen LogP) is 11.9. The van der Waals surface area contributed by atoms with Crippen LogP contribution >= 0.6 is 0 Å². The van der Waals surface area contributed by atoms with Crippen LogP contribution in [0.15, 0.2) is 48.1 Å². The average molecular weight is 693 g/mol. The van der Waals surface area contributed by atoms with E-state index in [0.29, 0.717) is 42.4 Å². The van der Waals surface area contributed by atoms with E-state index in [1.165, 1.54) is 63.4 Å². The van der Waals surface area contributed by atoms with Crippen LogP contribution in [0.3, 0.4) is 0 Å².